The molecule has 3 heterocycles. The lowest BCUT2D eigenvalue weighted by Crippen LogP contribution is -3.13. The van der Waals surface area contributed by atoms with Crippen molar-refractivity contribution in [2.45, 2.75) is 19.4 Å². The molecule has 1 fully saturated rings. The number of halogens is 1. The Hall–Kier alpha value is -2.89. The average molecular weight is 435 g/mol. The van der Waals surface area contributed by atoms with Gasteiger partial charge in [-0.3, -0.25) is 9.78 Å². The summed E-state index contributed by atoms with van der Waals surface area (Å²) in [4.78, 5) is 20.4. The molecule has 2 aliphatic rings. The second-order valence-corrected chi connectivity index (χ2v) is 8.22. The number of aryl methyl sites for hydroxylation is 1. The van der Waals surface area contributed by atoms with Gasteiger partial charge in [0.1, 0.15) is 6.54 Å². The second kappa shape index (κ2) is 9.50. The Balaban J connectivity index is 0.00000231. The molecule has 6 heteroatoms. The predicted octanol–water partition coefficient (Wildman–Crippen LogP) is -0.458. The van der Waals surface area contributed by atoms with Crippen LogP contribution in [0.25, 0.3) is 11.1 Å². The van der Waals surface area contributed by atoms with Crippen molar-refractivity contribution < 1.29 is 22.1 Å². The number of rotatable bonds is 4. The summed E-state index contributed by atoms with van der Waals surface area (Å²) in [6, 6.07) is 19.1. The topological polar surface area (TPSA) is 49.7 Å². The summed E-state index contributed by atoms with van der Waals surface area (Å²) in [7, 11) is 0. The maximum absolute atomic E-state index is 11.9. The van der Waals surface area contributed by atoms with Gasteiger partial charge in [0.2, 0.25) is 5.91 Å². The summed E-state index contributed by atoms with van der Waals surface area (Å²) in [5, 5.41) is 3.10. The van der Waals surface area contributed by atoms with E-state index in [0.717, 1.165) is 44.8 Å². The molecule has 2 aliphatic heterocycles. The zero-order valence-electron chi connectivity index (χ0n) is 17.5. The Kier molecular flexibility index (Phi) is 6.54. The number of hydrogen-bond donors (Lipinski definition) is 2. The van der Waals surface area contributed by atoms with Crippen LogP contribution >= 0.6 is 0 Å². The first-order valence-electron chi connectivity index (χ1n) is 10.8. The molecule has 5 rings (SSSR count). The number of nitrogens with zero attached hydrogens (tertiary/aromatic N) is 2. The number of para-hydroxylation sites is 1. The van der Waals surface area contributed by atoms with E-state index < -0.39 is 0 Å². The number of carbonyl (C=O) groups excluding carboxylic acids is 1. The third-order valence-corrected chi connectivity index (χ3v) is 6.18. The molecule has 0 unspecified atom stereocenters. The molecule has 1 saturated heterocycles. The van der Waals surface area contributed by atoms with Crippen molar-refractivity contribution >= 4 is 17.3 Å². The van der Waals surface area contributed by atoms with Gasteiger partial charge in [-0.2, -0.15) is 0 Å². The molecule has 160 valence electrons. The van der Waals surface area contributed by atoms with Crippen LogP contribution in [0.15, 0.2) is 67.0 Å². The summed E-state index contributed by atoms with van der Waals surface area (Å²) < 4.78 is 0. The van der Waals surface area contributed by atoms with Crippen molar-refractivity contribution in [1.29, 1.82) is 0 Å². The monoisotopic (exact) mass is 434 g/mol. The third kappa shape index (κ3) is 4.73. The fraction of sp³-hybridized carbons (Fsp3) is 0.280. The fourth-order valence-corrected chi connectivity index (χ4v) is 4.55. The molecule has 0 radical (unpaired) electrons. The minimum absolute atomic E-state index is 0. The van der Waals surface area contributed by atoms with Gasteiger partial charge in [0.15, 0.2) is 0 Å². The van der Waals surface area contributed by atoms with Gasteiger partial charge in [-0.05, 0) is 29.7 Å². The van der Waals surface area contributed by atoms with Crippen LogP contribution < -0.4 is 27.5 Å². The lowest BCUT2D eigenvalue weighted by molar-refractivity contribution is -0.914. The van der Waals surface area contributed by atoms with E-state index in [-0.39, 0.29) is 18.3 Å². The van der Waals surface area contributed by atoms with Crippen LogP contribution in [0.3, 0.4) is 0 Å². The molecule has 2 N–H and O–H groups in total. The molecule has 31 heavy (non-hydrogen) atoms. The Labute approximate surface area is 189 Å². The van der Waals surface area contributed by atoms with Crippen molar-refractivity contribution in [2.75, 3.05) is 36.4 Å². The minimum atomic E-state index is 0. The van der Waals surface area contributed by atoms with Crippen LogP contribution in [0, 0.1) is 0 Å². The van der Waals surface area contributed by atoms with Crippen molar-refractivity contribution in [3.05, 3.63) is 78.1 Å². The number of pyridine rings is 1. The first kappa shape index (κ1) is 21.3. The highest BCUT2D eigenvalue weighted by Gasteiger charge is 2.25. The Morgan fingerprint density at radius 1 is 0.935 bits per heavy atom. The Morgan fingerprint density at radius 3 is 2.55 bits per heavy atom. The molecule has 0 bridgehead atoms. The maximum atomic E-state index is 11.9. The Morgan fingerprint density at radius 2 is 1.74 bits per heavy atom. The number of benzene rings is 2. The van der Waals surface area contributed by atoms with Gasteiger partial charge < -0.3 is 27.5 Å². The number of anilines is 2. The highest BCUT2D eigenvalue weighted by Crippen LogP contribution is 2.33. The van der Waals surface area contributed by atoms with Crippen LogP contribution in [0.4, 0.5) is 11.4 Å². The lowest BCUT2D eigenvalue weighted by Gasteiger charge is -2.35. The zero-order valence-corrected chi connectivity index (χ0v) is 18.2. The van der Waals surface area contributed by atoms with Gasteiger partial charge in [-0.1, -0.05) is 42.5 Å². The summed E-state index contributed by atoms with van der Waals surface area (Å²) in [5.74, 6) is 0.130. The summed E-state index contributed by atoms with van der Waals surface area (Å²) in [6.07, 6.45) is 5.36. The van der Waals surface area contributed by atoms with E-state index in [1.165, 1.54) is 27.9 Å². The molecule has 0 atom stereocenters. The van der Waals surface area contributed by atoms with Crippen LogP contribution in [-0.2, 0) is 17.8 Å². The lowest BCUT2D eigenvalue weighted by atomic mass is 10.0. The number of carbonyl (C=O) groups is 1. The van der Waals surface area contributed by atoms with Crippen LogP contribution in [0.1, 0.15) is 17.5 Å². The van der Waals surface area contributed by atoms with E-state index in [2.05, 4.69) is 63.7 Å². The molecule has 1 amide bonds. The van der Waals surface area contributed by atoms with Gasteiger partial charge in [0.25, 0.3) is 0 Å². The van der Waals surface area contributed by atoms with Gasteiger partial charge in [0.05, 0.1) is 37.6 Å². The normalized spacial score (nSPS) is 16.3. The number of hydrogen-bond acceptors (Lipinski definition) is 3. The van der Waals surface area contributed by atoms with E-state index in [4.69, 9.17) is 0 Å². The molecule has 5 nitrogen and oxygen atoms in total. The fourth-order valence-electron chi connectivity index (χ4n) is 4.55. The van der Waals surface area contributed by atoms with Crippen LogP contribution in [-0.4, -0.2) is 37.1 Å². The van der Waals surface area contributed by atoms with Crippen molar-refractivity contribution in [3.63, 3.8) is 0 Å². The maximum Gasteiger partial charge on any atom is 0.224 e. The molecule has 0 saturated carbocycles. The number of aromatic nitrogens is 1. The standard InChI is InChI=1S/C25H26N4O.ClH/c30-24-10-9-21-7-4-8-23(25(21)27-24)29-13-11-28(12-14-29)18-19-15-22(17-26-16-19)20-5-2-1-3-6-20;/h1-8,15-17H,9-14,18H2,(H,27,30);1H. The zero-order chi connectivity index (χ0) is 20.3. The molecular weight excluding hydrogens is 408 g/mol. The number of nitrogens with one attached hydrogen (secondary N) is 2. The smallest absolute Gasteiger partial charge is 0.224 e. The van der Waals surface area contributed by atoms with Gasteiger partial charge >= 0.3 is 0 Å². The molecule has 1 aromatic heterocycles. The number of quaternary nitrogens is 1. The van der Waals surface area contributed by atoms with Crippen LogP contribution in [0.2, 0.25) is 0 Å². The minimum Gasteiger partial charge on any atom is -1.00 e. The first-order chi connectivity index (χ1) is 14.8. The number of amides is 1. The Bertz CT molecular complexity index is 1050. The molecule has 0 aliphatic carbocycles. The SMILES string of the molecule is O=C1CCc2cccc(N3CC[NH+](Cc4cncc(-c5ccccc5)c4)CC3)c2N1.[Cl-]. The first-order valence-corrected chi connectivity index (χ1v) is 10.8. The molecule has 3 aromatic rings. The summed E-state index contributed by atoms with van der Waals surface area (Å²) in [5.41, 5.74) is 7.12. The second-order valence-electron chi connectivity index (χ2n) is 8.22. The van der Waals surface area contributed by atoms with Crippen molar-refractivity contribution in [3.8, 4) is 11.1 Å². The van der Waals surface area contributed by atoms with E-state index in [9.17, 15) is 4.79 Å². The van der Waals surface area contributed by atoms with E-state index in [1.807, 2.05) is 18.5 Å². The highest BCUT2D eigenvalue weighted by atomic mass is 35.5. The van der Waals surface area contributed by atoms with Crippen molar-refractivity contribution in [1.82, 2.24) is 4.98 Å². The van der Waals surface area contributed by atoms with Crippen molar-refractivity contribution in [2.24, 2.45) is 0 Å². The largest absolute Gasteiger partial charge is 1.00 e. The van der Waals surface area contributed by atoms with Gasteiger partial charge in [0, 0.05) is 29.9 Å². The quantitative estimate of drug-likeness (QED) is 0.584. The molecular formula is C25H27ClN4O. The number of piperazine rings is 1. The molecule has 2 aromatic carbocycles. The third-order valence-electron chi connectivity index (χ3n) is 6.18. The van der Waals surface area contributed by atoms with E-state index in [1.54, 1.807) is 4.90 Å². The van der Waals surface area contributed by atoms with Gasteiger partial charge in [-0.15, -0.1) is 0 Å². The van der Waals surface area contributed by atoms with E-state index >= 15 is 0 Å². The average Bonchev–Trinajstić information content (AvgIpc) is 2.80. The molecule has 0 spiro atoms. The number of fused-ring (bicyclic) bond motifs is 1. The summed E-state index contributed by atoms with van der Waals surface area (Å²) >= 11 is 0. The van der Waals surface area contributed by atoms with Gasteiger partial charge in [-0.25, -0.2) is 0 Å². The predicted molar refractivity (Wildman–Crippen MR) is 120 cm³/mol. The van der Waals surface area contributed by atoms with E-state index in [0.29, 0.717) is 6.42 Å². The highest BCUT2D eigenvalue weighted by molar-refractivity contribution is 5.98. The van der Waals surface area contributed by atoms with Crippen LogP contribution in [0.5, 0.6) is 0 Å². The summed E-state index contributed by atoms with van der Waals surface area (Å²) in [6.45, 7) is 5.13.